The molecule has 4 rings (SSSR count). The van der Waals surface area contributed by atoms with Gasteiger partial charge >= 0.3 is 5.97 Å². The first-order chi connectivity index (χ1) is 28.7. The van der Waals surface area contributed by atoms with Crippen LogP contribution in [0, 0.1) is 6.92 Å². The van der Waals surface area contributed by atoms with E-state index < -0.39 is 31.9 Å². The first-order valence-electron chi connectivity index (χ1n) is 20.9. The van der Waals surface area contributed by atoms with Crippen molar-refractivity contribution in [2.24, 2.45) is 9.39 Å². The summed E-state index contributed by atoms with van der Waals surface area (Å²) in [5, 5.41) is 2.79. The average Bonchev–Trinajstić information content (AvgIpc) is 3.21. The molecule has 0 aliphatic carbocycles. The van der Waals surface area contributed by atoms with Gasteiger partial charge in [-0.25, -0.2) is 22.9 Å². The summed E-state index contributed by atoms with van der Waals surface area (Å²) in [6.45, 7) is 7.46. The molecule has 1 heterocycles. The van der Waals surface area contributed by atoms with E-state index in [1.807, 2.05) is 17.9 Å². The molecule has 16 heteroatoms. The topological polar surface area (TPSA) is 176 Å². The first-order valence-corrected chi connectivity index (χ1v) is 24.3. The van der Waals surface area contributed by atoms with Gasteiger partial charge in [-0.1, -0.05) is 89.7 Å². The Morgan fingerprint density at radius 3 is 2.15 bits per heavy atom. The number of unbranched alkanes of at least 4 members (excludes halogenated alkanes) is 11. The Morgan fingerprint density at radius 1 is 0.883 bits per heavy atom. The van der Waals surface area contributed by atoms with Crippen molar-refractivity contribution >= 4 is 66.2 Å². The van der Waals surface area contributed by atoms with Crippen molar-refractivity contribution in [3.05, 3.63) is 71.8 Å². The molecule has 3 aromatic carbocycles. The van der Waals surface area contributed by atoms with Gasteiger partial charge in [-0.05, 0) is 74.4 Å². The highest BCUT2D eigenvalue weighted by Crippen LogP contribution is 2.33. The molecule has 0 atom stereocenters. The average molecular weight is 867 g/mol. The summed E-state index contributed by atoms with van der Waals surface area (Å²) in [6.07, 6.45) is 15.5. The van der Waals surface area contributed by atoms with Crippen LogP contribution in [0.5, 0.6) is 5.75 Å². The van der Waals surface area contributed by atoms with Crippen LogP contribution >= 0.6 is 0 Å². The number of esters is 1. The second-order valence-corrected chi connectivity index (χ2v) is 18.4. The van der Waals surface area contributed by atoms with Crippen molar-refractivity contribution in [3.63, 3.8) is 0 Å². The molecule has 1 aliphatic heterocycles. The van der Waals surface area contributed by atoms with Gasteiger partial charge in [0, 0.05) is 32.4 Å². The molecule has 0 radical (unpaired) electrons. The van der Waals surface area contributed by atoms with Gasteiger partial charge in [-0.3, -0.25) is 4.79 Å². The van der Waals surface area contributed by atoms with Gasteiger partial charge in [0.15, 0.2) is 11.5 Å². The van der Waals surface area contributed by atoms with Crippen LogP contribution in [0.3, 0.4) is 0 Å². The Balaban J connectivity index is 1.53. The highest BCUT2D eigenvalue weighted by molar-refractivity contribution is 7.90. The molecular formula is C44H62N6O8S2. The third kappa shape index (κ3) is 14.2. The number of amidine groups is 1. The van der Waals surface area contributed by atoms with E-state index in [0.29, 0.717) is 30.0 Å². The number of hydrogen-bond donors (Lipinski definition) is 2. The smallest absolute Gasteiger partial charge is 0.338 e. The number of para-hydroxylation sites is 1. The number of likely N-dealkylation sites (N-methyl/N-ethyl adjacent to an activating group) is 1. The molecule has 0 spiro atoms. The third-order valence-corrected chi connectivity index (χ3v) is 12.3. The number of nitrogens with zero attached hydrogens (tertiary/aromatic N) is 4. The molecule has 0 bridgehead atoms. The SMILES string of the molecule is CCCCCCCCCCCCCCOC(=O)c1ccc(OC)c(NC(=O)C(=Nc2ccc(N(CC)CCNS(C)(=O)=O)cc2C)C2=NS(=O)(=O)c3ccccc3N2C)c1. The van der Waals surface area contributed by atoms with E-state index in [1.165, 1.54) is 81.9 Å². The van der Waals surface area contributed by atoms with Crippen LogP contribution in [0.1, 0.15) is 107 Å². The van der Waals surface area contributed by atoms with Crippen LogP contribution in [0.15, 0.2) is 74.9 Å². The van der Waals surface area contributed by atoms with Gasteiger partial charge in [-0.15, -0.1) is 4.40 Å². The number of rotatable bonds is 25. The minimum atomic E-state index is -4.23. The van der Waals surface area contributed by atoms with Gasteiger partial charge in [-0.2, -0.15) is 8.42 Å². The number of anilines is 3. The van der Waals surface area contributed by atoms with Gasteiger partial charge < -0.3 is 24.6 Å². The summed E-state index contributed by atoms with van der Waals surface area (Å²) in [4.78, 5) is 35.7. The summed E-state index contributed by atoms with van der Waals surface area (Å²) < 4.78 is 67.9. The zero-order valence-corrected chi connectivity index (χ0v) is 37.6. The molecule has 2 N–H and O–H groups in total. The lowest BCUT2D eigenvalue weighted by Crippen LogP contribution is -2.43. The summed E-state index contributed by atoms with van der Waals surface area (Å²) in [5.74, 6) is -1.31. The van der Waals surface area contributed by atoms with Crippen LogP contribution in [-0.4, -0.2) is 86.9 Å². The number of aryl methyl sites for hydroxylation is 1. The van der Waals surface area contributed by atoms with Crippen molar-refractivity contribution in [1.82, 2.24) is 4.72 Å². The lowest BCUT2D eigenvalue weighted by atomic mass is 10.1. The van der Waals surface area contributed by atoms with Crippen molar-refractivity contribution in [3.8, 4) is 5.75 Å². The standard InChI is InChI=1S/C44H62N6O8S2/c1-7-9-10-11-12-13-14-15-16-17-18-21-30-58-44(52)34-24-27-39(57-5)37(32-34)47-43(51)41(42-48-60(55,56)40-23-20-19-22-38(40)49(42)4)46-36-26-25-35(31-33(36)3)50(8-2)29-28-45-59(6,53)54/h19-20,22-27,31-32,45H,7-18,21,28-30H2,1-6H3,(H,47,51). The number of nitrogens with one attached hydrogen (secondary N) is 2. The second-order valence-electron chi connectivity index (χ2n) is 15.0. The van der Waals surface area contributed by atoms with E-state index >= 15 is 0 Å². The third-order valence-electron chi connectivity index (χ3n) is 10.3. The van der Waals surface area contributed by atoms with Crippen LogP contribution in [0.2, 0.25) is 0 Å². The van der Waals surface area contributed by atoms with E-state index in [-0.39, 0.29) is 46.6 Å². The predicted octanol–water partition coefficient (Wildman–Crippen LogP) is 8.19. The van der Waals surface area contributed by atoms with Crippen molar-refractivity contribution in [1.29, 1.82) is 0 Å². The van der Waals surface area contributed by atoms with E-state index in [2.05, 4.69) is 21.4 Å². The van der Waals surface area contributed by atoms with Gasteiger partial charge in [0.05, 0.1) is 42.6 Å². The first kappa shape index (κ1) is 47.9. The highest BCUT2D eigenvalue weighted by atomic mass is 32.2. The number of amides is 1. The van der Waals surface area contributed by atoms with Crippen molar-refractivity contribution in [2.45, 2.75) is 103 Å². The predicted molar refractivity (Wildman–Crippen MR) is 241 cm³/mol. The van der Waals surface area contributed by atoms with Gasteiger partial charge in [0.1, 0.15) is 10.6 Å². The molecule has 328 valence electrons. The molecule has 0 saturated carbocycles. The fourth-order valence-electron chi connectivity index (χ4n) is 6.92. The number of hydrogen-bond acceptors (Lipinski definition) is 11. The molecule has 1 amide bonds. The molecule has 60 heavy (non-hydrogen) atoms. The van der Waals surface area contributed by atoms with E-state index in [0.717, 1.165) is 31.2 Å². The van der Waals surface area contributed by atoms with E-state index in [4.69, 9.17) is 14.5 Å². The minimum absolute atomic E-state index is 0.0158. The Kier molecular flexibility index (Phi) is 18.6. The summed E-state index contributed by atoms with van der Waals surface area (Å²) in [7, 11) is -4.56. The maximum atomic E-state index is 14.4. The van der Waals surface area contributed by atoms with Crippen LogP contribution < -0.4 is 24.6 Å². The number of aliphatic imine (C=N–C) groups is 1. The second kappa shape index (κ2) is 23.3. The summed E-state index contributed by atoms with van der Waals surface area (Å²) in [6, 6.07) is 16.2. The molecule has 14 nitrogen and oxygen atoms in total. The molecule has 3 aromatic rings. The number of methoxy groups -OCH3 is 1. The van der Waals surface area contributed by atoms with E-state index in [1.54, 1.807) is 56.4 Å². The monoisotopic (exact) mass is 866 g/mol. The lowest BCUT2D eigenvalue weighted by Gasteiger charge is -2.27. The zero-order chi connectivity index (χ0) is 43.7. The van der Waals surface area contributed by atoms with Crippen LogP contribution in [0.4, 0.5) is 22.7 Å². The highest BCUT2D eigenvalue weighted by Gasteiger charge is 2.34. The summed E-state index contributed by atoms with van der Waals surface area (Å²) in [5.41, 5.74) is 2.17. The van der Waals surface area contributed by atoms with Crippen molar-refractivity contribution < 1.29 is 35.9 Å². The Bertz CT molecular complexity index is 2210. The Morgan fingerprint density at radius 2 is 1.53 bits per heavy atom. The molecule has 0 saturated heterocycles. The molecule has 1 aliphatic rings. The summed E-state index contributed by atoms with van der Waals surface area (Å²) >= 11 is 0. The van der Waals surface area contributed by atoms with E-state index in [9.17, 15) is 26.4 Å². The molecule has 0 fully saturated rings. The zero-order valence-electron chi connectivity index (χ0n) is 36.0. The molecular weight excluding hydrogens is 805 g/mol. The fourth-order valence-corrected chi connectivity index (χ4v) is 8.64. The van der Waals surface area contributed by atoms with Gasteiger partial charge in [0.25, 0.3) is 15.9 Å². The number of benzene rings is 3. The minimum Gasteiger partial charge on any atom is -0.495 e. The van der Waals surface area contributed by atoms with Crippen LogP contribution in [-0.2, 0) is 29.6 Å². The number of carbonyl (C=O) groups is 2. The molecule has 0 aromatic heterocycles. The molecule has 0 unspecified atom stereocenters. The normalized spacial score (nSPS) is 13.7. The maximum absolute atomic E-state index is 14.4. The quantitative estimate of drug-likeness (QED) is 0.0480. The maximum Gasteiger partial charge on any atom is 0.338 e. The number of carbonyl (C=O) groups excluding carboxylic acids is 2. The Hall–Kier alpha value is -4.80. The van der Waals surface area contributed by atoms with Crippen molar-refractivity contribution in [2.75, 3.05) is 61.8 Å². The largest absolute Gasteiger partial charge is 0.495 e. The van der Waals surface area contributed by atoms with Gasteiger partial charge in [0.2, 0.25) is 10.0 Å². The number of ether oxygens (including phenoxy) is 2. The lowest BCUT2D eigenvalue weighted by molar-refractivity contribution is -0.110. The number of sulfonamides is 2. The Labute approximate surface area is 357 Å². The van der Waals surface area contributed by atoms with Crippen LogP contribution in [0.25, 0.3) is 0 Å². The number of fused-ring (bicyclic) bond motifs is 1. The fraction of sp³-hybridized carbons (Fsp3) is 0.500.